The largest absolute Gasteiger partial charge is 0.352 e. The number of thiocarbonyl (C=S) groups is 1. The van der Waals surface area contributed by atoms with E-state index >= 15 is 0 Å². The van der Waals surface area contributed by atoms with Gasteiger partial charge in [0.05, 0.1) is 22.8 Å². The Kier molecular flexibility index (Phi) is 7.21. The standard InChI is InChI=1S/C28H25ClFN5OS/c1-18-6-4-7-19(16-18)32-25(36)12-15-35-27(26(33-28(35)37)23-8-2-3-13-31-23)24-9-5-14-34(24)20-10-11-22(30)21(29)17-20/h2-11,13-14,16-17,26-27H,12,15H2,1H3,(H,32,36)(H,33,37)/t26-,27-/m0/s1. The summed E-state index contributed by atoms with van der Waals surface area (Å²) in [7, 11) is 0. The smallest absolute Gasteiger partial charge is 0.226 e. The number of rotatable bonds is 7. The minimum Gasteiger partial charge on any atom is -0.352 e. The summed E-state index contributed by atoms with van der Waals surface area (Å²) in [6, 6.07) is 21.5. The summed E-state index contributed by atoms with van der Waals surface area (Å²) in [4.78, 5) is 19.4. The van der Waals surface area contributed by atoms with Crippen molar-refractivity contribution >= 4 is 40.5 Å². The van der Waals surface area contributed by atoms with Gasteiger partial charge in [-0.1, -0.05) is 29.8 Å². The Morgan fingerprint density at radius 1 is 1.14 bits per heavy atom. The lowest BCUT2D eigenvalue weighted by molar-refractivity contribution is -0.116. The monoisotopic (exact) mass is 533 g/mol. The molecule has 0 saturated carbocycles. The highest BCUT2D eigenvalue weighted by Crippen LogP contribution is 2.39. The number of nitrogens with one attached hydrogen (secondary N) is 2. The summed E-state index contributed by atoms with van der Waals surface area (Å²) in [5.41, 5.74) is 4.29. The fourth-order valence-electron chi connectivity index (χ4n) is 4.64. The molecule has 2 aromatic heterocycles. The van der Waals surface area contributed by atoms with Crippen LogP contribution in [0.4, 0.5) is 10.1 Å². The van der Waals surface area contributed by atoms with Crippen molar-refractivity contribution in [1.82, 2.24) is 19.8 Å². The number of carbonyl (C=O) groups is 1. The van der Waals surface area contributed by atoms with E-state index in [-0.39, 0.29) is 29.4 Å². The first kappa shape index (κ1) is 24.9. The Bertz CT molecular complexity index is 1440. The van der Waals surface area contributed by atoms with Gasteiger partial charge in [0, 0.05) is 42.4 Å². The fourth-order valence-corrected chi connectivity index (χ4v) is 5.15. The van der Waals surface area contributed by atoms with Crippen LogP contribution in [0.5, 0.6) is 0 Å². The van der Waals surface area contributed by atoms with Crippen LogP contribution in [0.25, 0.3) is 5.69 Å². The van der Waals surface area contributed by atoms with E-state index in [0.29, 0.717) is 11.7 Å². The topological polar surface area (TPSA) is 62.2 Å². The molecule has 6 nitrogen and oxygen atoms in total. The highest BCUT2D eigenvalue weighted by molar-refractivity contribution is 7.80. The third-order valence-electron chi connectivity index (χ3n) is 6.34. The van der Waals surface area contributed by atoms with Crippen molar-refractivity contribution in [2.45, 2.75) is 25.4 Å². The van der Waals surface area contributed by atoms with Crippen molar-refractivity contribution in [3.63, 3.8) is 0 Å². The number of halogens is 2. The molecule has 0 aliphatic carbocycles. The van der Waals surface area contributed by atoms with Gasteiger partial charge in [-0.2, -0.15) is 0 Å². The normalized spacial score (nSPS) is 17.1. The number of hydrogen-bond donors (Lipinski definition) is 2. The average molecular weight is 534 g/mol. The molecule has 5 rings (SSSR count). The van der Waals surface area contributed by atoms with Crippen molar-refractivity contribution in [2.75, 3.05) is 11.9 Å². The molecule has 2 atom stereocenters. The van der Waals surface area contributed by atoms with E-state index in [9.17, 15) is 9.18 Å². The molecule has 9 heteroatoms. The highest BCUT2D eigenvalue weighted by atomic mass is 35.5. The van der Waals surface area contributed by atoms with Crippen LogP contribution in [0.2, 0.25) is 5.02 Å². The molecule has 1 saturated heterocycles. The summed E-state index contributed by atoms with van der Waals surface area (Å²) < 4.78 is 15.8. The van der Waals surface area contributed by atoms with Crippen LogP contribution in [0, 0.1) is 12.7 Å². The first-order chi connectivity index (χ1) is 17.9. The maximum atomic E-state index is 13.9. The number of hydrogen-bond acceptors (Lipinski definition) is 3. The third kappa shape index (κ3) is 5.35. The van der Waals surface area contributed by atoms with Gasteiger partial charge in [-0.3, -0.25) is 9.78 Å². The number of carbonyl (C=O) groups excluding carboxylic acids is 1. The van der Waals surface area contributed by atoms with Crippen LogP contribution in [0.3, 0.4) is 0 Å². The van der Waals surface area contributed by atoms with Crippen LogP contribution in [-0.4, -0.2) is 32.0 Å². The van der Waals surface area contributed by atoms with Gasteiger partial charge in [0.25, 0.3) is 0 Å². The molecule has 4 aromatic rings. The molecule has 2 N–H and O–H groups in total. The summed E-state index contributed by atoms with van der Waals surface area (Å²) in [5.74, 6) is -0.579. The molecular formula is C28H25ClFN5OS. The molecule has 188 valence electrons. The number of aryl methyl sites for hydroxylation is 1. The number of benzene rings is 2. The number of nitrogens with zero attached hydrogens (tertiary/aromatic N) is 3. The van der Waals surface area contributed by atoms with Crippen LogP contribution >= 0.6 is 23.8 Å². The van der Waals surface area contributed by atoms with Crippen molar-refractivity contribution in [1.29, 1.82) is 0 Å². The van der Waals surface area contributed by atoms with Gasteiger partial charge in [-0.15, -0.1) is 0 Å². The molecule has 1 aliphatic rings. The highest BCUT2D eigenvalue weighted by Gasteiger charge is 2.41. The Labute approximate surface area is 225 Å². The molecule has 0 unspecified atom stereocenters. The van der Waals surface area contributed by atoms with Gasteiger partial charge < -0.3 is 20.1 Å². The lowest BCUT2D eigenvalue weighted by atomic mass is 10.0. The first-order valence-corrected chi connectivity index (χ1v) is 12.7. The molecule has 37 heavy (non-hydrogen) atoms. The summed E-state index contributed by atoms with van der Waals surface area (Å²) in [5, 5.41) is 6.95. The zero-order valence-corrected chi connectivity index (χ0v) is 21.6. The zero-order valence-electron chi connectivity index (χ0n) is 20.1. The Balaban J connectivity index is 1.45. The van der Waals surface area contributed by atoms with Gasteiger partial charge in [-0.05, 0) is 79.3 Å². The quantitative estimate of drug-likeness (QED) is 0.286. The second-order valence-electron chi connectivity index (χ2n) is 8.89. The predicted molar refractivity (Wildman–Crippen MR) is 147 cm³/mol. The van der Waals surface area contributed by atoms with E-state index in [1.807, 2.05) is 77.2 Å². The van der Waals surface area contributed by atoms with Crippen LogP contribution in [0.1, 0.15) is 35.5 Å². The molecule has 1 amide bonds. The molecule has 3 heterocycles. The molecule has 0 spiro atoms. The minimum atomic E-state index is -0.476. The van der Waals surface area contributed by atoms with E-state index in [2.05, 4.69) is 15.6 Å². The predicted octanol–water partition coefficient (Wildman–Crippen LogP) is 5.97. The van der Waals surface area contributed by atoms with Crippen LogP contribution < -0.4 is 10.6 Å². The number of anilines is 1. The van der Waals surface area contributed by atoms with E-state index in [1.54, 1.807) is 18.3 Å². The van der Waals surface area contributed by atoms with Gasteiger partial charge in [-0.25, -0.2) is 4.39 Å². The molecule has 0 bridgehead atoms. The molecular weight excluding hydrogens is 509 g/mol. The summed E-state index contributed by atoms with van der Waals surface area (Å²) in [6.07, 6.45) is 3.89. The van der Waals surface area contributed by atoms with Crippen molar-refractivity contribution < 1.29 is 9.18 Å². The zero-order chi connectivity index (χ0) is 25.9. The maximum Gasteiger partial charge on any atom is 0.226 e. The molecule has 2 aromatic carbocycles. The van der Waals surface area contributed by atoms with Crippen molar-refractivity contribution in [3.05, 3.63) is 113 Å². The van der Waals surface area contributed by atoms with Gasteiger partial charge in [0.2, 0.25) is 5.91 Å². The summed E-state index contributed by atoms with van der Waals surface area (Å²) in [6.45, 7) is 2.38. The van der Waals surface area contributed by atoms with Crippen LogP contribution in [-0.2, 0) is 4.79 Å². The molecule has 0 radical (unpaired) electrons. The summed E-state index contributed by atoms with van der Waals surface area (Å²) >= 11 is 11.8. The van der Waals surface area contributed by atoms with Gasteiger partial charge in [0.15, 0.2) is 5.11 Å². The second-order valence-corrected chi connectivity index (χ2v) is 9.68. The fraction of sp³-hybridized carbons (Fsp3) is 0.179. The van der Waals surface area contributed by atoms with E-state index in [4.69, 9.17) is 23.8 Å². The van der Waals surface area contributed by atoms with Gasteiger partial charge in [0.1, 0.15) is 5.82 Å². The lowest BCUT2D eigenvalue weighted by Gasteiger charge is -2.29. The third-order valence-corrected chi connectivity index (χ3v) is 6.99. The molecule has 1 aliphatic heterocycles. The molecule has 1 fully saturated rings. The Hall–Kier alpha value is -3.75. The van der Waals surface area contributed by atoms with Gasteiger partial charge >= 0.3 is 0 Å². The average Bonchev–Trinajstić information content (AvgIpc) is 3.49. The number of pyridine rings is 1. The first-order valence-electron chi connectivity index (χ1n) is 11.9. The Morgan fingerprint density at radius 3 is 2.76 bits per heavy atom. The minimum absolute atomic E-state index is 0.0446. The Morgan fingerprint density at radius 2 is 2.00 bits per heavy atom. The lowest BCUT2D eigenvalue weighted by Crippen LogP contribution is -2.33. The SMILES string of the molecule is Cc1cccc(NC(=O)CCN2C(=S)N[C@@H](c3ccccn3)[C@@H]2c2cccn2-c2ccc(F)c(Cl)c2)c1. The van der Waals surface area contributed by atoms with E-state index in [0.717, 1.165) is 28.3 Å². The van der Waals surface area contributed by atoms with Crippen LogP contribution in [0.15, 0.2) is 85.2 Å². The van der Waals surface area contributed by atoms with E-state index in [1.165, 1.54) is 6.07 Å². The van der Waals surface area contributed by atoms with Crippen molar-refractivity contribution in [3.8, 4) is 5.69 Å². The van der Waals surface area contributed by atoms with Crippen molar-refractivity contribution in [2.24, 2.45) is 0 Å². The number of aromatic nitrogens is 2. The van der Waals surface area contributed by atoms with E-state index < -0.39 is 5.82 Å². The second kappa shape index (κ2) is 10.7. The number of amides is 1. The maximum absolute atomic E-state index is 13.9.